The van der Waals surface area contributed by atoms with Gasteiger partial charge in [0.1, 0.15) is 23.1 Å². The number of methoxy groups -OCH3 is 4. The van der Waals surface area contributed by atoms with Crippen molar-refractivity contribution in [3.63, 3.8) is 0 Å². The Hall–Kier alpha value is -6.46. The summed E-state index contributed by atoms with van der Waals surface area (Å²) in [4.78, 5) is 67.4. The van der Waals surface area contributed by atoms with Crippen LogP contribution in [-0.4, -0.2) is 156 Å². The highest BCUT2D eigenvalue weighted by Crippen LogP contribution is 2.33. The lowest BCUT2D eigenvalue weighted by atomic mass is 9.81. The van der Waals surface area contributed by atoms with Crippen molar-refractivity contribution in [2.75, 3.05) is 127 Å². The van der Waals surface area contributed by atoms with E-state index in [1.54, 1.807) is 20.4 Å². The average Bonchev–Trinajstić information content (AvgIpc) is 3.44. The van der Waals surface area contributed by atoms with Crippen LogP contribution in [0.4, 0.5) is 23.0 Å². The first-order valence-electron chi connectivity index (χ1n) is 25.1. The third-order valence-corrected chi connectivity index (χ3v) is 14.0. The molecule has 0 bridgehead atoms. The Morgan fingerprint density at radius 1 is 0.563 bits per heavy atom. The van der Waals surface area contributed by atoms with Crippen LogP contribution in [0, 0.1) is 23.7 Å². The van der Waals surface area contributed by atoms with Gasteiger partial charge in [0.25, 0.3) is 0 Å². The molecule has 0 radical (unpaired) electrons. The number of carboxylic acids is 1. The second-order valence-corrected chi connectivity index (χ2v) is 18.3. The fraction of sp³-hybridized carbons (Fsp3) is 0.519. The van der Waals surface area contributed by atoms with E-state index in [-0.39, 0.29) is 41.5 Å². The van der Waals surface area contributed by atoms with Crippen molar-refractivity contribution >= 4 is 46.8 Å². The minimum Gasteiger partial charge on any atom is -0.495 e. The number of amides is 1. The van der Waals surface area contributed by atoms with Crippen LogP contribution in [0.3, 0.4) is 0 Å². The van der Waals surface area contributed by atoms with E-state index in [2.05, 4.69) is 57.8 Å². The first kappa shape index (κ1) is 53.9. The SMILES string of the molecule is COC(=O)C1CCC(C(=O)N(CCN2CCN(c3ccccc3OC)CC2)c2ccccn2)CC1.COC(=O)C1CCC(C(=O)O)CC1.COc1ccccc1N1CCN(CCNc2ccccn2)CC1. The number of nitrogens with one attached hydrogen (secondary N) is 1. The quantitative estimate of drug-likeness (QED) is 0.115. The van der Waals surface area contributed by atoms with E-state index in [0.29, 0.717) is 63.7 Å². The average molecular weight is 979 g/mol. The molecule has 4 aromatic rings. The first-order chi connectivity index (χ1) is 34.6. The zero-order chi connectivity index (χ0) is 50.4. The lowest BCUT2D eigenvalue weighted by Gasteiger charge is -2.38. The van der Waals surface area contributed by atoms with Crippen LogP contribution in [0.15, 0.2) is 97.3 Å². The van der Waals surface area contributed by atoms with Crippen molar-refractivity contribution < 1.29 is 43.2 Å². The van der Waals surface area contributed by atoms with Gasteiger partial charge in [-0.15, -0.1) is 0 Å². The Balaban J connectivity index is 0.000000195. The Labute approximate surface area is 419 Å². The molecule has 4 aliphatic rings. The highest BCUT2D eigenvalue weighted by Gasteiger charge is 2.34. The molecule has 0 atom stereocenters. The third-order valence-electron chi connectivity index (χ3n) is 14.0. The minimum absolute atomic E-state index is 0.0828. The van der Waals surface area contributed by atoms with Gasteiger partial charge in [0.2, 0.25) is 5.91 Å². The Morgan fingerprint density at radius 2 is 1.01 bits per heavy atom. The number of carboxylic acid groups (broad SMARTS) is 1. The van der Waals surface area contributed by atoms with Crippen LogP contribution < -0.4 is 29.5 Å². The topological polar surface area (TPSA) is 179 Å². The molecule has 0 spiro atoms. The number of rotatable bonds is 16. The van der Waals surface area contributed by atoms with Gasteiger partial charge >= 0.3 is 17.9 Å². The highest BCUT2D eigenvalue weighted by molar-refractivity contribution is 5.94. The van der Waals surface area contributed by atoms with Crippen molar-refractivity contribution in [3.8, 4) is 11.5 Å². The molecule has 2 aliphatic heterocycles. The number of anilines is 4. The van der Waals surface area contributed by atoms with Crippen LogP contribution >= 0.6 is 0 Å². The minimum atomic E-state index is -0.747. The number of esters is 2. The van der Waals surface area contributed by atoms with Crippen molar-refractivity contribution in [3.05, 3.63) is 97.3 Å². The fourth-order valence-corrected chi connectivity index (χ4v) is 9.81. The van der Waals surface area contributed by atoms with Gasteiger partial charge in [0, 0.05) is 96.8 Å². The fourth-order valence-electron chi connectivity index (χ4n) is 9.81. The summed E-state index contributed by atoms with van der Waals surface area (Å²) < 4.78 is 20.5. The van der Waals surface area contributed by atoms with Gasteiger partial charge in [-0.25, -0.2) is 9.97 Å². The zero-order valence-electron chi connectivity index (χ0n) is 42.0. The molecular formula is C54H74N8O9. The standard InChI is InChI=1S/C27H36N4O4.C18H24N4O.C9H14O4/c1-34-24-8-4-3-7-23(24)30-18-15-29(16-19-30)17-20-31(25-9-5-6-14-28-25)26(32)21-10-12-22(13-11-21)27(33)35-2;1-23-17-7-3-2-6-16(17)22-14-12-21(13-15-22)11-10-20-18-8-4-5-9-19-18;1-13-9(12)7-4-2-6(3-5-7)8(10)11/h3-9,14,21-22H,10-13,15-20H2,1-2H3;2-9H,10-15H2,1H3,(H,19,20);6-7H,2-5H2,1H3,(H,10,11). The number of hydrogen-bond donors (Lipinski definition) is 2. The molecule has 17 nitrogen and oxygen atoms in total. The van der Waals surface area contributed by atoms with Gasteiger partial charge in [-0.2, -0.15) is 0 Å². The number of ether oxygens (including phenoxy) is 4. The molecule has 2 saturated carbocycles. The van der Waals surface area contributed by atoms with Crippen molar-refractivity contribution in [1.29, 1.82) is 0 Å². The van der Waals surface area contributed by atoms with E-state index in [0.717, 1.165) is 95.0 Å². The van der Waals surface area contributed by atoms with Crippen LogP contribution in [0.5, 0.6) is 11.5 Å². The summed E-state index contributed by atoms with van der Waals surface area (Å²) in [6, 6.07) is 28.0. The summed E-state index contributed by atoms with van der Waals surface area (Å²) in [5, 5.41) is 12.1. The number of para-hydroxylation sites is 4. The molecule has 4 fully saturated rings. The Morgan fingerprint density at radius 3 is 1.46 bits per heavy atom. The predicted octanol–water partition coefficient (Wildman–Crippen LogP) is 6.60. The number of aliphatic carboxylic acids is 1. The number of carbonyl (C=O) groups excluding carboxylic acids is 3. The molecule has 4 heterocycles. The largest absolute Gasteiger partial charge is 0.495 e. The number of piperazine rings is 2. The summed E-state index contributed by atoms with van der Waals surface area (Å²) in [7, 11) is 6.24. The summed E-state index contributed by atoms with van der Waals surface area (Å²) in [6.07, 6.45) is 8.83. The normalized spacial score (nSPS) is 20.4. The number of benzene rings is 2. The molecular weight excluding hydrogens is 905 g/mol. The van der Waals surface area contributed by atoms with E-state index in [4.69, 9.17) is 19.3 Å². The van der Waals surface area contributed by atoms with Gasteiger partial charge in [-0.1, -0.05) is 36.4 Å². The summed E-state index contributed by atoms with van der Waals surface area (Å²) in [5.41, 5.74) is 2.32. The third kappa shape index (κ3) is 16.0. The number of pyridine rings is 2. The number of aromatic nitrogens is 2. The molecule has 384 valence electrons. The first-order valence-corrected chi connectivity index (χ1v) is 25.1. The van der Waals surface area contributed by atoms with Crippen LogP contribution in [0.2, 0.25) is 0 Å². The zero-order valence-corrected chi connectivity index (χ0v) is 42.0. The molecule has 2 aromatic carbocycles. The van der Waals surface area contributed by atoms with E-state index < -0.39 is 5.97 Å². The molecule has 2 aliphatic carbocycles. The molecule has 2 aromatic heterocycles. The molecule has 0 unspecified atom stereocenters. The Bertz CT molecular complexity index is 2230. The van der Waals surface area contributed by atoms with Gasteiger partial charge < -0.3 is 39.2 Å². The molecule has 17 heteroatoms. The molecule has 8 rings (SSSR count). The maximum atomic E-state index is 13.6. The number of carbonyl (C=O) groups is 4. The van der Waals surface area contributed by atoms with E-state index in [1.165, 1.54) is 19.9 Å². The lowest BCUT2D eigenvalue weighted by molar-refractivity contribution is -0.150. The second kappa shape index (κ2) is 28.4. The van der Waals surface area contributed by atoms with Gasteiger partial charge in [-0.3, -0.25) is 33.9 Å². The van der Waals surface area contributed by atoms with Crippen molar-refractivity contribution in [2.45, 2.75) is 51.4 Å². The van der Waals surface area contributed by atoms with Gasteiger partial charge in [-0.05, 0) is 99.9 Å². The summed E-state index contributed by atoms with van der Waals surface area (Å²) >= 11 is 0. The van der Waals surface area contributed by atoms with Crippen molar-refractivity contribution in [2.24, 2.45) is 23.7 Å². The monoisotopic (exact) mass is 979 g/mol. The summed E-state index contributed by atoms with van der Waals surface area (Å²) in [6.45, 7) is 11.2. The highest BCUT2D eigenvalue weighted by atomic mass is 16.5. The number of hydrogen-bond acceptors (Lipinski definition) is 15. The van der Waals surface area contributed by atoms with E-state index in [9.17, 15) is 19.2 Å². The predicted molar refractivity (Wildman–Crippen MR) is 275 cm³/mol. The van der Waals surface area contributed by atoms with E-state index in [1.807, 2.05) is 77.8 Å². The summed E-state index contributed by atoms with van der Waals surface area (Å²) in [5.74, 6) is 1.97. The smallest absolute Gasteiger partial charge is 0.308 e. The lowest BCUT2D eigenvalue weighted by Crippen LogP contribution is -2.50. The van der Waals surface area contributed by atoms with Crippen LogP contribution in [-0.2, 0) is 28.7 Å². The maximum Gasteiger partial charge on any atom is 0.308 e. The molecule has 2 saturated heterocycles. The molecule has 2 N–H and O–H groups in total. The molecule has 71 heavy (non-hydrogen) atoms. The van der Waals surface area contributed by atoms with Crippen molar-refractivity contribution in [1.82, 2.24) is 19.8 Å². The maximum absolute atomic E-state index is 13.6. The van der Waals surface area contributed by atoms with E-state index >= 15 is 0 Å². The second-order valence-electron chi connectivity index (χ2n) is 18.3. The van der Waals surface area contributed by atoms with Crippen LogP contribution in [0.1, 0.15) is 51.4 Å². The Kier molecular flexibility index (Phi) is 21.6. The van der Waals surface area contributed by atoms with Gasteiger partial charge in [0.15, 0.2) is 0 Å². The molecule has 1 amide bonds. The number of nitrogens with zero attached hydrogens (tertiary/aromatic N) is 7. The van der Waals surface area contributed by atoms with Gasteiger partial charge in [0.05, 0.1) is 57.6 Å². The van der Waals surface area contributed by atoms with Crippen LogP contribution in [0.25, 0.3) is 0 Å².